The summed E-state index contributed by atoms with van der Waals surface area (Å²) in [6.45, 7) is 5.16. The number of aryl methyl sites for hydroxylation is 1. The van der Waals surface area contributed by atoms with E-state index in [1.807, 2.05) is 42.6 Å². The summed E-state index contributed by atoms with van der Waals surface area (Å²) in [5, 5.41) is 7.48. The van der Waals surface area contributed by atoms with Crippen LogP contribution in [0.2, 0.25) is 0 Å². The second-order valence-corrected chi connectivity index (χ2v) is 11.5. The molecular formula is C33H45N5O3. The Morgan fingerprint density at radius 1 is 0.951 bits per heavy atom. The fraction of sp³-hybridized carbons (Fsp3) is 0.515. The summed E-state index contributed by atoms with van der Waals surface area (Å²) >= 11 is 0. The van der Waals surface area contributed by atoms with Crippen LogP contribution in [0, 0.1) is 0 Å². The van der Waals surface area contributed by atoms with E-state index in [0.29, 0.717) is 38.4 Å². The normalized spacial score (nSPS) is 17.8. The standard InChI is InChI=1S/C33H45N5O3/c1-41-31-12-6-3-9-25(31)13-14-32(39)35-23-27(21-26-22-34-30-11-5-4-10-29(26)30)36-33(40)24-37-19-15-28(16-20-37)38-17-7-2-8-18-38/h3-6,9-12,22,27-28,34H,2,7-8,13-21,23-24H2,1H3,(H,35,39)(H,36,40)/t27-/m1/s1. The number of carbonyl (C=O) groups excluding carboxylic acids is 2. The quantitative estimate of drug-likeness (QED) is 0.313. The Morgan fingerprint density at radius 3 is 2.51 bits per heavy atom. The van der Waals surface area contributed by atoms with Crippen LogP contribution in [0.25, 0.3) is 10.9 Å². The molecule has 0 aliphatic carbocycles. The minimum absolute atomic E-state index is 0.0227. The Bertz CT molecular complexity index is 1280. The van der Waals surface area contributed by atoms with Crippen LogP contribution in [0.3, 0.4) is 0 Å². The summed E-state index contributed by atoms with van der Waals surface area (Å²) in [6, 6.07) is 16.4. The highest BCUT2D eigenvalue weighted by atomic mass is 16.5. The molecule has 1 atom stereocenters. The van der Waals surface area contributed by atoms with E-state index >= 15 is 0 Å². The number of aromatic nitrogens is 1. The maximum atomic E-state index is 13.2. The molecule has 41 heavy (non-hydrogen) atoms. The lowest BCUT2D eigenvalue weighted by Gasteiger charge is -2.40. The van der Waals surface area contributed by atoms with Crippen LogP contribution < -0.4 is 15.4 Å². The second-order valence-electron chi connectivity index (χ2n) is 11.5. The van der Waals surface area contributed by atoms with Gasteiger partial charge in [0.2, 0.25) is 11.8 Å². The van der Waals surface area contributed by atoms with Gasteiger partial charge in [0.1, 0.15) is 5.75 Å². The van der Waals surface area contributed by atoms with E-state index in [2.05, 4.69) is 37.6 Å². The molecular weight excluding hydrogens is 514 g/mol. The van der Waals surface area contributed by atoms with Crippen LogP contribution in [0.4, 0.5) is 0 Å². The number of carbonyl (C=O) groups is 2. The van der Waals surface area contributed by atoms with Crippen molar-refractivity contribution in [1.29, 1.82) is 0 Å². The van der Waals surface area contributed by atoms with Gasteiger partial charge in [-0.05, 0) is 74.9 Å². The number of ether oxygens (including phenoxy) is 1. The Balaban J connectivity index is 1.15. The fourth-order valence-corrected chi connectivity index (χ4v) is 6.43. The molecule has 0 saturated carbocycles. The van der Waals surface area contributed by atoms with E-state index in [0.717, 1.165) is 53.7 Å². The van der Waals surface area contributed by atoms with Gasteiger partial charge in [-0.15, -0.1) is 0 Å². The molecule has 2 aliphatic rings. The first-order chi connectivity index (χ1) is 20.1. The molecule has 0 spiro atoms. The Morgan fingerprint density at radius 2 is 1.71 bits per heavy atom. The molecule has 220 valence electrons. The molecule has 3 N–H and O–H groups in total. The van der Waals surface area contributed by atoms with Gasteiger partial charge in [0.05, 0.1) is 19.7 Å². The van der Waals surface area contributed by atoms with Crippen molar-refractivity contribution in [2.24, 2.45) is 0 Å². The molecule has 3 heterocycles. The van der Waals surface area contributed by atoms with Crippen molar-refractivity contribution >= 4 is 22.7 Å². The highest BCUT2D eigenvalue weighted by Crippen LogP contribution is 2.22. The first kappa shape index (κ1) is 29.1. The number of nitrogens with zero attached hydrogens (tertiary/aromatic N) is 2. The number of fused-ring (bicyclic) bond motifs is 1. The highest BCUT2D eigenvalue weighted by molar-refractivity contribution is 5.83. The molecule has 2 aliphatic heterocycles. The summed E-state index contributed by atoms with van der Waals surface area (Å²) in [5.74, 6) is 0.785. The van der Waals surface area contributed by atoms with E-state index in [9.17, 15) is 9.59 Å². The van der Waals surface area contributed by atoms with Gasteiger partial charge in [0.15, 0.2) is 0 Å². The number of amides is 2. The Labute approximate surface area is 243 Å². The predicted octanol–water partition coefficient (Wildman–Crippen LogP) is 3.90. The summed E-state index contributed by atoms with van der Waals surface area (Å²) < 4.78 is 5.42. The van der Waals surface area contributed by atoms with Crippen LogP contribution >= 0.6 is 0 Å². The number of para-hydroxylation sites is 2. The van der Waals surface area contributed by atoms with E-state index in [-0.39, 0.29) is 17.9 Å². The molecule has 2 aromatic carbocycles. The number of methoxy groups -OCH3 is 1. The van der Waals surface area contributed by atoms with Crippen molar-refractivity contribution < 1.29 is 14.3 Å². The number of piperidine rings is 2. The maximum Gasteiger partial charge on any atom is 0.234 e. The number of aromatic amines is 1. The molecule has 0 bridgehead atoms. The lowest BCUT2D eigenvalue weighted by molar-refractivity contribution is -0.124. The molecule has 0 radical (unpaired) electrons. The Kier molecular flexibility index (Phi) is 10.3. The molecule has 1 aromatic heterocycles. The molecule has 8 heteroatoms. The lowest BCUT2D eigenvalue weighted by Crippen LogP contribution is -2.51. The molecule has 2 saturated heterocycles. The largest absolute Gasteiger partial charge is 0.496 e. The third-order valence-electron chi connectivity index (χ3n) is 8.70. The van der Waals surface area contributed by atoms with Crippen molar-refractivity contribution in [3.05, 3.63) is 65.9 Å². The van der Waals surface area contributed by atoms with Crippen LogP contribution in [0.5, 0.6) is 5.75 Å². The van der Waals surface area contributed by atoms with E-state index < -0.39 is 0 Å². The molecule has 8 nitrogen and oxygen atoms in total. The topological polar surface area (TPSA) is 89.7 Å². The van der Waals surface area contributed by atoms with Crippen LogP contribution in [-0.2, 0) is 22.4 Å². The minimum Gasteiger partial charge on any atom is -0.496 e. The van der Waals surface area contributed by atoms with Gasteiger partial charge >= 0.3 is 0 Å². The lowest BCUT2D eigenvalue weighted by atomic mass is 10.00. The highest BCUT2D eigenvalue weighted by Gasteiger charge is 2.27. The minimum atomic E-state index is -0.206. The van der Waals surface area contributed by atoms with E-state index in [1.54, 1.807) is 7.11 Å². The summed E-state index contributed by atoms with van der Waals surface area (Å²) in [6.07, 6.45) is 9.87. The number of hydrogen-bond donors (Lipinski definition) is 3. The van der Waals surface area contributed by atoms with E-state index in [4.69, 9.17) is 4.74 Å². The number of H-pyrrole nitrogens is 1. The number of rotatable bonds is 12. The molecule has 2 fully saturated rings. The average molecular weight is 560 g/mol. The zero-order valence-electron chi connectivity index (χ0n) is 24.4. The van der Waals surface area contributed by atoms with Crippen molar-refractivity contribution in [1.82, 2.24) is 25.4 Å². The summed E-state index contributed by atoms with van der Waals surface area (Å²) in [5.41, 5.74) is 3.22. The first-order valence-corrected chi connectivity index (χ1v) is 15.3. The van der Waals surface area contributed by atoms with Crippen LogP contribution in [-0.4, -0.2) is 85.1 Å². The molecule has 0 unspecified atom stereocenters. The van der Waals surface area contributed by atoms with E-state index in [1.165, 1.54) is 32.4 Å². The Hall–Kier alpha value is -3.36. The summed E-state index contributed by atoms with van der Waals surface area (Å²) in [4.78, 5) is 34.3. The van der Waals surface area contributed by atoms with Gasteiger partial charge < -0.3 is 25.3 Å². The van der Waals surface area contributed by atoms with Crippen molar-refractivity contribution in [3.8, 4) is 5.75 Å². The maximum absolute atomic E-state index is 13.2. The van der Waals surface area contributed by atoms with Crippen LogP contribution in [0.1, 0.15) is 49.7 Å². The number of hydrogen-bond acceptors (Lipinski definition) is 5. The number of likely N-dealkylation sites (tertiary alicyclic amines) is 2. The summed E-state index contributed by atoms with van der Waals surface area (Å²) in [7, 11) is 1.65. The van der Waals surface area contributed by atoms with Gasteiger partial charge in [-0.1, -0.05) is 42.8 Å². The average Bonchev–Trinajstić information content (AvgIpc) is 3.42. The molecule has 5 rings (SSSR count). The van der Waals surface area contributed by atoms with Crippen LogP contribution in [0.15, 0.2) is 54.7 Å². The molecule has 3 aromatic rings. The zero-order valence-corrected chi connectivity index (χ0v) is 24.4. The number of benzene rings is 2. The predicted molar refractivity (Wildman–Crippen MR) is 163 cm³/mol. The van der Waals surface area contributed by atoms with Gasteiger partial charge in [-0.3, -0.25) is 14.5 Å². The van der Waals surface area contributed by atoms with Crippen molar-refractivity contribution in [2.75, 3.05) is 46.4 Å². The van der Waals surface area contributed by atoms with Gasteiger partial charge in [0.25, 0.3) is 0 Å². The van der Waals surface area contributed by atoms with Crippen molar-refractivity contribution in [3.63, 3.8) is 0 Å². The molecule has 2 amide bonds. The zero-order chi connectivity index (χ0) is 28.4. The smallest absolute Gasteiger partial charge is 0.234 e. The SMILES string of the molecule is COc1ccccc1CCC(=O)NC[C@@H](Cc1c[nH]c2ccccc12)NC(=O)CN1CCC(N2CCCCC2)CC1. The van der Waals surface area contributed by atoms with Gasteiger partial charge in [0, 0.05) is 49.2 Å². The second kappa shape index (κ2) is 14.5. The third kappa shape index (κ3) is 8.11. The fourth-order valence-electron chi connectivity index (χ4n) is 6.43. The van der Waals surface area contributed by atoms with Gasteiger partial charge in [-0.2, -0.15) is 0 Å². The van der Waals surface area contributed by atoms with Crippen molar-refractivity contribution in [2.45, 2.75) is 63.5 Å². The first-order valence-electron chi connectivity index (χ1n) is 15.3. The van der Waals surface area contributed by atoms with Gasteiger partial charge in [-0.25, -0.2) is 0 Å². The third-order valence-corrected chi connectivity index (χ3v) is 8.70. The monoisotopic (exact) mass is 559 g/mol. The number of nitrogens with one attached hydrogen (secondary N) is 3.